The second-order valence-corrected chi connectivity index (χ2v) is 4.51. The first kappa shape index (κ1) is 12.0. The monoisotopic (exact) mass is 263 g/mol. The van der Waals surface area contributed by atoms with Crippen molar-refractivity contribution in [3.63, 3.8) is 0 Å². The number of aromatic carboxylic acids is 1. The van der Waals surface area contributed by atoms with Gasteiger partial charge in [0.05, 0.1) is 18.8 Å². The van der Waals surface area contributed by atoms with Crippen LogP contribution in [-0.2, 0) is 4.74 Å². The van der Waals surface area contributed by atoms with Gasteiger partial charge in [0.1, 0.15) is 5.52 Å². The van der Waals surface area contributed by atoms with E-state index in [0.29, 0.717) is 30.2 Å². The van der Waals surface area contributed by atoms with Crippen LogP contribution in [0.3, 0.4) is 0 Å². The smallest absolute Gasteiger partial charge is 0.394 e. The maximum Gasteiger partial charge on any atom is 0.394 e. The Labute approximate surface area is 108 Å². The van der Waals surface area contributed by atoms with Crippen molar-refractivity contribution in [1.82, 2.24) is 4.98 Å². The van der Waals surface area contributed by atoms with Gasteiger partial charge in [0.2, 0.25) is 0 Å². The van der Waals surface area contributed by atoms with Gasteiger partial charge >= 0.3 is 12.0 Å². The minimum atomic E-state index is -0.996. The highest BCUT2D eigenvalue weighted by atomic mass is 16.6. The minimum Gasteiger partial charge on any atom is -0.478 e. The van der Waals surface area contributed by atoms with E-state index >= 15 is 0 Å². The molecule has 2 aromatic rings. The molecule has 0 spiro atoms. The minimum absolute atomic E-state index is 0.166. The van der Waals surface area contributed by atoms with Crippen molar-refractivity contribution < 1.29 is 23.8 Å². The third kappa shape index (κ3) is 2.53. The van der Waals surface area contributed by atoms with Gasteiger partial charge in [-0.3, -0.25) is 0 Å². The summed E-state index contributed by atoms with van der Waals surface area (Å²) in [4.78, 5) is 15.0. The van der Waals surface area contributed by atoms with Crippen LogP contribution in [0.25, 0.3) is 11.1 Å². The van der Waals surface area contributed by atoms with Crippen LogP contribution in [0.1, 0.15) is 16.8 Å². The van der Waals surface area contributed by atoms with Crippen molar-refractivity contribution in [2.24, 2.45) is 5.92 Å². The second-order valence-electron chi connectivity index (χ2n) is 4.51. The maximum absolute atomic E-state index is 10.8. The summed E-state index contributed by atoms with van der Waals surface area (Å²) < 4.78 is 16.1. The Kier molecular flexibility index (Phi) is 3.08. The van der Waals surface area contributed by atoms with E-state index in [-0.39, 0.29) is 11.6 Å². The Morgan fingerprint density at radius 1 is 1.53 bits per heavy atom. The summed E-state index contributed by atoms with van der Waals surface area (Å²) in [5.41, 5.74) is 1.17. The highest BCUT2D eigenvalue weighted by molar-refractivity contribution is 5.91. The lowest BCUT2D eigenvalue weighted by atomic mass is 10.1. The number of hydrogen-bond acceptors (Lipinski definition) is 5. The molecule has 6 nitrogen and oxygen atoms in total. The third-order valence-electron chi connectivity index (χ3n) is 3.08. The zero-order chi connectivity index (χ0) is 13.2. The molecule has 1 aliphatic rings. The Morgan fingerprint density at radius 3 is 3.16 bits per heavy atom. The molecule has 0 saturated carbocycles. The molecule has 19 heavy (non-hydrogen) atoms. The van der Waals surface area contributed by atoms with Crippen molar-refractivity contribution in [3.8, 4) is 6.08 Å². The van der Waals surface area contributed by atoms with Crippen LogP contribution in [0.15, 0.2) is 22.6 Å². The van der Waals surface area contributed by atoms with Crippen molar-refractivity contribution in [2.45, 2.75) is 6.42 Å². The number of aromatic nitrogens is 1. The van der Waals surface area contributed by atoms with Crippen LogP contribution >= 0.6 is 0 Å². The zero-order valence-corrected chi connectivity index (χ0v) is 10.2. The van der Waals surface area contributed by atoms with E-state index < -0.39 is 5.97 Å². The number of nitrogens with zero attached hydrogens (tertiary/aromatic N) is 1. The molecule has 0 amide bonds. The van der Waals surface area contributed by atoms with Gasteiger partial charge in [-0.05, 0) is 24.6 Å². The number of fused-ring (bicyclic) bond motifs is 1. The van der Waals surface area contributed by atoms with Crippen LogP contribution < -0.4 is 4.74 Å². The molecule has 6 heteroatoms. The van der Waals surface area contributed by atoms with Crippen LogP contribution in [0, 0.1) is 5.92 Å². The van der Waals surface area contributed by atoms with E-state index in [2.05, 4.69) is 4.98 Å². The molecule has 2 heterocycles. The van der Waals surface area contributed by atoms with Gasteiger partial charge in [0.25, 0.3) is 0 Å². The lowest BCUT2D eigenvalue weighted by Crippen LogP contribution is -2.11. The fraction of sp³-hybridized carbons (Fsp3) is 0.385. The first-order chi connectivity index (χ1) is 9.22. The summed E-state index contributed by atoms with van der Waals surface area (Å²) >= 11 is 0. The second kappa shape index (κ2) is 4.89. The van der Waals surface area contributed by atoms with E-state index in [9.17, 15) is 4.79 Å². The summed E-state index contributed by atoms with van der Waals surface area (Å²) in [7, 11) is 0. The summed E-state index contributed by atoms with van der Waals surface area (Å²) in [6.45, 7) is 1.96. The van der Waals surface area contributed by atoms with Crippen molar-refractivity contribution in [1.29, 1.82) is 0 Å². The third-order valence-corrected chi connectivity index (χ3v) is 3.08. The van der Waals surface area contributed by atoms with Gasteiger partial charge in [-0.1, -0.05) is 0 Å². The van der Waals surface area contributed by atoms with E-state index in [0.717, 1.165) is 13.0 Å². The van der Waals surface area contributed by atoms with Gasteiger partial charge in [-0.2, -0.15) is 4.98 Å². The van der Waals surface area contributed by atoms with Gasteiger partial charge in [0, 0.05) is 12.5 Å². The SMILES string of the molecule is O=C(O)c1ccc2nc(OCC3CCOC3)oc2c1. The quantitative estimate of drug-likeness (QED) is 0.907. The van der Waals surface area contributed by atoms with Crippen molar-refractivity contribution in [2.75, 3.05) is 19.8 Å². The predicted octanol–water partition coefficient (Wildman–Crippen LogP) is 1.94. The van der Waals surface area contributed by atoms with Crippen LogP contribution in [0.5, 0.6) is 6.08 Å². The predicted molar refractivity (Wildman–Crippen MR) is 65.4 cm³/mol. The molecular formula is C13H13NO5. The topological polar surface area (TPSA) is 81.8 Å². The first-order valence-corrected chi connectivity index (χ1v) is 6.07. The van der Waals surface area contributed by atoms with Crippen molar-refractivity contribution in [3.05, 3.63) is 23.8 Å². The molecule has 3 rings (SSSR count). The number of ether oxygens (including phenoxy) is 2. The highest BCUT2D eigenvalue weighted by Crippen LogP contribution is 2.23. The Morgan fingerprint density at radius 2 is 2.42 bits per heavy atom. The Balaban J connectivity index is 1.75. The standard InChI is InChI=1S/C13H13NO5/c15-12(16)9-1-2-10-11(5-9)19-13(14-10)18-7-8-3-4-17-6-8/h1-2,5,8H,3-4,6-7H2,(H,15,16). The molecule has 1 aromatic heterocycles. The van der Waals surface area contributed by atoms with Gasteiger partial charge < -0.3 is 19.0 Å². The number of carboxylic acids is 1. The lowest BCUT2D eigenvalue weighted by molar-refractivity contribution is 0.0697. The number of carbonyl (C=O) groups is 1. The van der Waals surface area contributed by atoms with E-state index in [4.69, 9.17) is 19.0 Å². The number of rotatable bonds is 4. The molecule has 1 atom stereocenters. The summed E-state index contributed by atoms with van der Waals surface area (Å²) in [5, 5.41) is 8.89. The van der Waals surface area contributed by atoms with E-state index in [1.807, 2.05) is 0 Å². The fourth-order valence-electron chi connectivity index (χ4n) is 2.00. The maximum atomic E-state index is 10.8. The lowest BCUT2D eigenvalue weighted by Gasteiger charge is -2.05. The Bertz CT molecular complexity index is 600. The number of oxazole rings is 1. The largest absolute Gasteiger partial charge is 0.478 e. The fourth-order valence-corrected chi connectivity index (χ4v) is 2.00. The zero-order valence-electron chi connectivity index (χ0n) is 10.2. The highest BCUT2D eigenvalue weighted by Gasteiger charge is 2.18. The summed E-state index contributed by atoms with van der Waals surface area (Å²) in [6, 6.07) is 4.53. The molecule has 1 aliphatic heterocycles. The number of carboxylic acid groups (broad SMARTS) is 1. The summed E-state index contributed by atoms with van der Waals surface area (Å²) in [6.07, 6.45) is 1.15. The average Bonchev–Trinajstić information content (AvgIpc) is 3.04. The molecule has 100 valence electrons. The average molecular weight is 263 g/mol. The van der Waals surface area contributed by atoms with E-state index in [1.165, 1.54) is 12.1 Å². The van der Waals surface area contributed by atoms with Crippen LogP contribution in [0.2, 0.25) is 0 Å². The van der Waals surface area contributed by atoms with E-state index in [1.54, 1.807) is 6.07 Å². The molecule has 0 bridgehead atoms. The normalized spacial score (nSPS) is 18.8. The van der Waals surface area contributed by atoms with Crippen LogP contribution in [-0.4, -0.2) is 35.9 Å². The first-order valence-electron chi connectivity index (χ1n) is 6.07. The molecular weight excluding hydrogens is 250 g/mol. The molecule has 1 saturated heterocycles. The molecule has 1 aromatic carbocycles. The molecule has 0 radical (unpaired) electrons. The van der Waals surface area contributed by atoms with Gasteiger partial charge in [-0.25, -0.2) is 4.79 Å². The molecule has 1 fully saturated rings. The van der Waals surface area contributed by atoms with Gasteiger partial charge in [0.15, 0.2) is 5.58 Å². The number of hydrogen-bond donors (Lipinski definition) is 1. The van der Waals surface area contributed by atoms with Crippen molar-refractivity contribution >= 4 is 17.1 Å². The molecule has 0 aliphatic carbocycles. The molecule has 1 unspecified atom stereocenters. The molecule has 1 N–H and O–H groups in total. The number of benzene rings is 1. The Hall–Kier alpha value is -2.08. The van der Waals surface area contributed by atoms with Gasteiger partial charge in [-0.15, -0.1) is 0 Å². The summed E-state index contributed by atoms with van der Waals surface area (Å²) in [5.74, 6) is -0.631. The van der Waals surface area contributed by atoms with Crippen LogP contribution in [0.4, 0.5) is 0 Å².